The van der Waals surface area contributed by atoms with Crippen molar-refractivity contribution in [2.24, 2.45) is 0 Å². The maximum Gasteiger partial charge on any atom is 0.303 e. The van der Waals surface area contributed by atoms with Gasteiger partial charge in [0, 0.05) is 24.9 Å². The van der Waals surface area contributed by atoms with Gasteiger partial charge in [-0.25, -0.2) is 0 Å². The zero-order valence-electron chi connectivity index (χ0n) is 19.1. The number of carboxylic acid groups (broad SMARTS) is 1. The van der Waals surface area contributed by atoms with Gasteiger partial charge in [-0.05, 0) is 74.8 Å². The van der Waals surface area contributed by atoms with Crippen LogP contribution >= 0.6 is 0 Å². The highest BCUT2D eigenvalue weighted by atomic mass is 16.4. The van der Waals surface area contributed by atoms with Crippen LogP contribution in [0.25, 0.3) is 0 Å². The third-order valence-corrected chi connectivity index (χ3v) is 7.23. The summed E-state index contributed by atoms with van der Waals surface area (Å²) in [5.74, 6) is -1.04. The second-order valence-corrected chi connectivity index (χ2v) is 9.49. The number of likely N-dealkylation sites (tertiary alicyclic amines) is 1. The van der Waals surface area contributed by atoms with Gasteiger partial charge in [-0.2, -0.15) is 0 Å². The number of nitrogens with one attached hydrogen (secondary N) is 1. The molecule has 2 fully saturated rings. The van der Waals surface area contributed by atoms with E-state index in [0.29, 0.717) is 24.4 Å². The molecule has 0 aliphatic carbocycles. The third kappa shape index (κ3) is 5.61. The van der Waals surface area contributed by atoms with E-state index in [1.165, 1.54) is 5.56 Å². The second kappa shape index (κ2) is 10.5. The highest BCUT2D eigenvalue weighted by Crippen LogP contribution is 2.33. The van der Waals surface area contributed by atoms with Crippen LogP contribution in [0.5, 0.6) is 0 Å². The largest absolute Gasteiger partial charge is 0.481 e. The summed E-state index contributed by atoms with van der Waals surface area (Å²) in [6.07, 6.45) is 6.94. The topological polar surface area (TPSA) is 107 Å². The predicted molar refractivity (Wildman–Crippen MR) is 122 cm³/mol. The summed E-state index contributed by atoms with van der Waals surface area (Å²) < 4.78 is 0. The van der Waals surface area contributed by atoms with Crippen molar-refractivity contribution in [1.29, 1.82) is 0 Å². The van der Waals surface area contributed by atoms with Crippen LogP contribution < -0.4 is 5.32 Å². The zero-order valence-corrected chi connectivity index (χ0v) is 19.1. The highest BCUT2D eigenvalue weighted by Gasteiger charge is 2.39. The number of benzene rings is 1. The number of carboxylic acids is 1. The molecular weight excluding hydrogens is 422 g/mol. The first-order chi connectivity index (χ1) is 15.9. The molecule has 0 aromatic heterocycles. The summed E-state index contributed by atoms with van der Waals surface area (Å²) >= 11 is 0. The van der Waals surface area contributed by atoms with E-state index in [9.17, 15) is 19.2 Å². The van der Waals surface area contributed by atoms with Crippen molar-refractivity contribution < 1.29 is 24.3 Å². The van der Waals surface area contributed by atoms with Gasteiger partial charge in [-0.3, -0.25) is 24.5 Å². The molecule has 4 rings (SSSR count). The fourth-order valence-electron chi connectivity index (χ4n) is 5.28. The number of aliphatic carboxylic acids is 1. The van der Waals surface area contributed by atoms with Crippen LogP contribution in [-0.4, -0.2) is 64.3 Å². The number of unbranched alkanes of at least 4 members (excludes halogenated alkanes) is 3. The van der Waals surface area contributed by atoms with E-state index >= 15 is 0 Å². The molecule has 3 aliphatic heterocycles. The molecule has 1 aromatic carbocycles. The summed E-state index contributed by atoms with van der Waals surface area (Å²) in [4.78, 5) is 51.4. The molecule has 8 heteroatoms. The first-order valence-electron chi connectivity index (χ1n) is 12.1. The van der Waals surface area contributed by atoms with E-state index in [-0.39, 0.29) is 30.6 Å². The van der Waals surface area contributed by atoms with Crippen LogP contribution in [0, 0.1) is 0 Å². The minimum absolute atomic E-state index is 0.110. The molecule has 8 nitrogen and oxygen atoms in total. The van der Waals surface area contributed by atoms with Gasteiger partial charge in [-0.15, -0.1) is 0 Å². The lowest BCUT2D eigenvalue weighted by atomic mass is 9.88. The van der Waals surface area contributed by atoms with E-state index < -0.39 is 12.0 Å². The van der Waals surface area contributed by atoms with E-state index in [2.05, 4.69) is 16.3 Å². The lowest BCUT2D eigenvalue weighted by Gasteiger charge is -2.32. The average Bonchev–Trinajstić information content (AvgIpc) is 3.12. The van der Waals surface area contributed by atoms with Crippen molar-refractivity contribution in [3.05, 3.63) is 34.9 Å². The molecule has 2 N–H and O–H groups in total. The van der Waals surface area contributed by atoms with Crippen molar-refractivity contribution in [1.82, 2.24) is 15.1 Å². The van der Waals surface area contributed by atoms with Gasteiger partial charge in [0.05, 0.1) is 0 Å². The Bertz CT molecular complexity index is 923. The van der Waals surface area contributed by atoms with Crippen LogP contribution in [0.1, 0.15) is 85.2 Å². The summed E-state index contributed by atoms with van der Waals surface area (Å²) in [5.41, 5.74) is 2.84. The van der Waals surface area contributed by atoms with Gasteiger partial charge >= 0.3 is 5.97 Å². The number of piperidine rings is 2. The number of fused-ring (bicyclic) bond motifs is 1. The lowest BCUT2D eigenvalue weighted by Crippen LogP contribution is -2.52. The molecule has 1 atom stereocenters. The van der Waals surface area contributed by atoms with Gasteiger partial charge in [0.25, 0.3) is 5.91 Å². The fourth-order valence-corrected chi connectivity index (χ4v) is 5.28. The monoisotopic (exact) mass is 455 g/mol. The van der Waals surface area contributed by atoms with Crippen molar-refractivity contribution in [3.8, 4) is 0 Å². The van der Waals surface area contributed by atoms with Crippen molar-refractivity contribution in [2.45, 2.75) is 76.3 Å². The number of carbonyl (C=O) groups is 4. The van der Waals surface area contributed by atoms with Crippen molar-refractivity contribution in [3.63, 3.8) is 0 Å². The predicted octanol–water partition coefficient (Wildman–Crippen LogP) is 2.66. The number of carbonyl (C=O) groups excluding carboxylic acids is 3. The molecule has 0 saturated carbocycles. The van der Waals surface area contributed by atoms with E-state index in [1.807, 2.05) is 12.1 Å². The molecule has 1 aromatic rings. The van der Waals surface area contributed by atoms with Crippen LogP contribution in [0.4, 0.5) is 0 Å². The molecule has 3 heterocycles. The summed E-state index contributed by atoms with van der Waals surface area (Å²) in [7, 11) is 0. The first-order valence-corrected chi connectivity index (χ1v) is 12.1. The molecule has 3 aliphatic rings. The number of hydrogen-bond acceptors (Lipinski definition) is 5. The molecule has 0 spiro atoms. The van der Waals surface area contributed by atoms with E-state index in [0.717, 1.165) is 63.7 Å². The molecule has 0 bridgehead atoms. The Kier molecular flexibility index (Phi) is 7.42. The highest BCUT2D eigenvalue weighted by molar-refractivity contribution is 6.05. The Morgan fingerprint density at radius 1 is 1.03 bits per heavy atom. The Balaban J connectivity index is 1.26. The van der Waals surface area contributed by atoms with Crippen molar-refractivity contribution in [2.75, 3.05) is 19.6 Å². The first kappa shape index (κ1) is 23.4. The molecular formula is C25H33N3O5. The third-order valence-electron chi connectivity index (χ3n) is 7.23. The number of hydrogen-bond donors (Lipinski definition) is 2. The Morgan fingerprint density at radius 2 is 1.79 bits per heavy atom. The Morgan fingerprint density at radius 3 is 2.52 bits per heavy atom. The molecule has 1 unspecified atom stereocenters. The number of nitrogens with zero attached hydrogens (tertiary/aromatic N) is 2. The Hall–Kier alpha value is -2.74. The second-order valence-electron chi connectivity index (χ2n) is 9.49. The van der Waals surface area contributed by atoms with Crippen LogP contribution in [0.3, 0.4) is 0 Å². The van der Waals surface area contributed by atoms with Crippen LogP contribution in [0.2, 0.25) is 0 Å². The minimum atomic E-state index is -0.714. The number of amides is 3. The fraction of sp³-hybridized carbons (Fsp3) is 0.600. The molecule has 3 amide bonds. The smallest absolute Gasteiger partial charge is 0.303 e. The van der Waals surface area contributed by atoms with E-state index in [4.69, 9.17) is 5.11 Å². The van der Waals surface area contributed by atoms with Crippen molar-refractivity contribution >= 4 is 23.7 Å². The molecule has 0 radical (unpaired) electrons. The molecule has 178 valence electrons. The Labute approximate surface area is 194 Å². The normalized spacial score (nSPS) is 21.9. The summed E-state index contributed by atoms with van der Waals surface area (Å²) in [6.45, 7) is 3.55. The maximum absolute atomic E-state index is 13.1. The van der Waals surface area contributed by atoms with Gasteiger partial charge in [0.15, 0.2) is 0 Å². The number of rotatable bonds is 9. The van der Waals surface area contributed by atoms with Gasteiger partial charge in [0.1, 0.15) is 6.04 Å². The van der Waals surface area contributed by atoms with E-state index in [1.54, 1.807) is 4.90 Å². The number of imide groups is 1. The lowest BCUT2D eigenvalue weighted by molar-refractivity contribution is -0.138. The maximum atomic E-state index is 13.1. The average molecular weight is 456 g/mol. The molecule has 33 heavy (non-hydrogen) atoms. The summed E-state index contributed by atoms with van der Waals surface area (Å²) in [6, 6.07) is 5.60. The minimum Gasteiger partial charge on any atom is -0.481 e. The van der Waals surface area contributed by atoms with Gasteiger partial charge in [-0.1, -0.05) is 25.0 Å². The van der Waals surface area contributed by atoms with Crippen LogP contribution in [-0.2, 0) is 20.9 Å². The van der Waals surface area contributed by atoms with Gasteiger partial charge in [0.2, 0.25) is 11.8 Å². The van der Waals surface area contributed by atoms with Gasteiger partial charge < -0.3 is 14.9 Å². The van der Waals surface area contributed by atoms with Crippen LogP contribution in [0.15, 0.2) is 18.2 Å². The standard InChI is InChI=1S/C25H33N3O5/c29-22-9-8-21(24(32)26-22)28-16-19-7-6-18(15-20(19)25(28)33)17-10-13-27(14-11-17)12-4-2-1-3-5-23(30)31/h6-7,15,17,21H,1-5,8-14,16H2,(H,30,31)(H,26,29,32). The zero-order chi connectivity index (χ0) is 23.4. The SMILES string of the molecule is O=C(O)CCCCCCN1CCC(c2ccc3c(c2)C(=O)N(C2CCC(=O)NC2=O)C3)CC1. The molecule has 2 saturated heterocycles. The quantitative estimate of drug-likeness (QED) is 0.438. The summed E-state index contributed by atoms with van der Waals surface area (Å²) in [5, 5.41) is 11.0.